The molecule has 0 N–H and O–H groups in total. The van der Waals surface area contributed by atoms with Crippen LogP contribution in [0.5, 0.6) is 0 Å². The van der Waals surface area contributed by atoms with Crippen molar-refractivity contribution in [1.82, 2.24) is 4.31 Å². The summed E-state index contributed by atoms with van der Waals surface area (Å²) in [6.45, 7) is 1.80. The van der Waals surface area contributed by atoms with E-state index in [-0.39, 0.29) is 23.6 Å². The van der Waals surface area contributed by atoms with Gasteiger partial charge in [0.1, 0.15) is 5.82 Å². The van der Waals surface area contributed by atoms with Crippen LogP contribution in [-0.4, -0.2) is 45.7 Å². The second-order valence-corrected chi connectivity index (χ2v) is 7.92. The first-order valence-corrected chi connectivity index (χ1v) is 8.64. The molecule has 0 aromatic heterocycles. The molecular formula is C14H20ClFN2O2S. The molecule has 0 radical (unpaired) electrons. The molecule has 0 unspecified atom stereocenters. The Kier molecular flexibility index (Phi) is 4.26. The molecule has 2 aliphatic rings. The van der Waals surface area contributed by atoms with Gasteiger partial charge in [-0.15, -0.1) is 12.4 Å². The second-order valence-electron chi connectivity index (χ2n) is 5.93. The molecule has 0 saturated carbocycles. The van der Waals surface area contributed by atoms with Crippen LogP contribution in [0.2, 0.25) is 0 Å². The molecule has 2 aliphatic heterocycles. The number of fused-ring (bicyclic) bond motifs is 2. The largest absolute Gasteiger partial charge is 0.371 e. The molecular weight excluding hydrogens is 315 g/mol. The number of piperidine rings is 1. The molecule has 7 heteroatoms. The number of hydrogen-bond donors (Lipinski definition) is 0. The van der Waals surface area contributed by atoms with Crippen LogP contribution in [0.25, 0.3) is 0 Å². The Labute approximate surface area is 131 Å². The highest BCUT2D eigenvalue weighted by Crippen LogP contribution is 2.47. The number of rotatable bonds is 1. The summed E-state index contributed by atoms with van der Waals surface area (Å²) in [6.07, 6.45) is 2.75. The molecule has 1 aromatic rings. The van der Waals surface area contributed by atoms with Gasteiger partial charge in [-0.05, 0) is 24.5 Å². The molecule has 1 saturated heterocycles. The molecule has 1 aromatic carbocycles. The molecule has 3 rings (SSSR count). The Bertz CT molecular complexity index is 642. The summed E-state index contributed by atoms with van der Waals surface area (Å²) in [6, 6.07) is 5.22. The van der Waals surface area contributed by atoms with Crippen molar-refractivity contribution in [2.24, 2.45) is 0 Å². The average molecular weight is 335 g/mol. The number of benzene rings is 1. The maximum absolute atomic E-state index is 14.0. The summed E-state index contributed by atoms with van der Waals surface area (Å²) >= 11 is 0. The van der Waals surface area contributed by atoms with Crippen molar-refractivity contribution < 1.29 is 12.8 Å². The van der Waals surface area contributed by atoms with E-state index in [2.05, 4.69) is 0 Å². The lowest BCUT2D eigenvalue weighted by atomic mass is 9.75. The van der Waals surface area contributed by atoms with Gasteiger partial charge in [0.2, 0.25) is 10.0 Å². The number of hydrogen-bond acceptors (Lipinski definition) is 3. The Hall–Kier alpha value is -0.850. The standard InChI is InChI=1S/C14H19FN2O2S.ClH/c1-16-10-14(11-4-3-5-12(15)13(11)16)6-8-17(9-7-14)20(2,18)19;/h3-5H,6-10H2,1-2H3;1H. The van der Waals surface area contributed by atoms with Crippen LogP contribution in [0.3, 0.4) is 0 Å². The van der Waals surface area contributed by atoms with E-state index in [4.69, 9.17) is 0 Å². The Balaban J connectivity index is 0.00000161. The fourth-order valence-electron chi connectivity index (χ4n) is 3.62. The SMILES string of the molecule is CN1CC2(CCN(S(C)(=O)=O)CC2)c2cccc(F)c21.Cl. The van der Waals surface area contributed by atoms with Crippen molar-refractivity contribution in [2.75, 3.05) is 37.8 Å². The van der Waals surface area contributed by atoms with Crippen molar-refractivity contribution in [2.45, 2.75) is 18.3 Å². The van der Waals surface area contributed by atoms with Gasteiger partial charge in [-0.1, -0.05) is 12.1 Å². The molecule has 21 heavy (non-hydrogen) atoms. The third-order valence-corrected chi connectivity index (χ3v) is 5.93. The lowest BCUT2D eigenvalue weighted by molar-refractivity contribution is 0.246. The Morgan fingerprint density at radius 3 is 2.43 bits per heavy atom. The molecule has 4 nitrogen and oxygen atoms in total. The van der Waals surface area contributed by atoms with Crippen molar-refractivity contribution in [3.05, 3.63) is 29.6 Å². The smallest absolute Gasteiger partial charge is 0.211 e. The Morgan fingerprint density at radius 1 is 1.24 bits per heavy atom. The van der Waals surface area contributed by atoms with E-state index in [1.807, 2.05) is 18.0 Å². The highest BCUT2D eigenvalue weighted by atomic mass is 35.5. The summed E-state index contributed by atoms with van der Waals surface area (Å²) in [7, 11) is -1.22. The predicted molar refractivity (Wildman–Crippen MR) is 84.2 cm³/mol. The van der Waals surface area contributed by atoms with Gasteiger partial charge in [-0.25, -0.2) is 17.1 Å². The third-order valence-electron chi connectivity index (χ3n) is 4.63. The zero-order chi connectivity index (χ0) is 14.5. The summed E-state index contributed by atoms with van der Waals surface area (Å²) in [5, 5.41) is 0. The normalized spacial score (nSPS) is 21.2. The van der Waals surface area contributed by atoms with Gasteiger partial charge < -0.3 is 4.90 Å². The quantitative estimate of drug-likeness (QED) is 0.788. The predicted octanol–water partition coefficient (Wildman–Crippen LogP) is 1.99. The van der Waals surface area contributed by atoms with E-state index >= 15 is 0 Å². The number of anilines is 1. The third kappa shape index (κ3) is 2.64. The van der Waals surface area contributed by atoms with E-state index in [1.165, 1.54) is 16.6 Å². The summed E-state index contributed by atoms with van der Waals surface area (Å²) in [5.74, 6) is -0.188. The van der Waals surface area contributed by atoms with Crippen LogP contribution in [0, 0.1) is 5.82 Å². The molecule has 1 fully saturated rings. The first kappa shape index (κ1) is 16.5. The van der Waals surface area contributed by atoms with Gasteiger partial charge in [0, 0.05) is 32.1 Å². The molecule has 1 spiro atoms. The minimum atomic E-state index is -3.13. The van der Waals surface area contributed by atoms with Gasteiger partial charge in [0.05, 0.1) is 11.9 Å². The summed E-state index contributed by atoms with van der Waals surface area (Å²) in [4.78, 5) is 1.96. The zero-order valence-corrected chi connectivity index (χ0v) is 13.8. The number of likely N-dealkylation sites (N-methyl/N-ethyl adjacent to an activating group) is 1. The van der Waals surface area contributed by atoms with Crippen molar-refractivity contribution in [3.63, 3.8) is 0 Å². The lowest BCUT2D eigenvalue weighted by Gasteiger charge is -2.38. The number of nitrogens with zero attached hydrogens (tertiary/aromatic N) is 2. The number of para-hydroxylation sites is 1. The average Bonchev–Trinajstić information content (AvgIpc) is 2.63. The zero-order valence-electron chi connectivity index (χ0n) is 12.2. The number of sulfonamides is 1. The fraction of sp³-hybridized carbons (Fsp3) is 0.571. The maximum Gasteiger partial charge on any atom is 0.211 e. The van der Waals surface area contributed by atoms with Crippen molar-refractivity contribution in [3.8, 4) is 0 Å². The number of halogens is 2. The van der Waals surface area contributed by atoms with Gasteiger partial charge >= 0.3 is 0 Å². The lowest BCUT2D eigenvalue weighted by Crippen LogP contribution is -2.46. The maximum atomic E-state index is 14.0. The molecule has 0 atom stereocenters. The molecule has 2 heterocycles. The van der Waals surface area contributed by atoms with E-state index in [0.717, 1.165) is 24.9 Å². The van der Waals surface area contributed by atoms with Crippen LogP contribution in [0.15, 0.2) is 18.2 Å². The second kappa shape index (κ2) is 5.41. The molecule has 0 aliphatic carbocycles. The molecule has 0 amide bonds. The van der Waals surface area contributed by atoms with Crippen LogP contribution in [0.4, 0.5) is 10.1 Å². The molecule has 118 valence electrons. The topological polar surface area (TPSA) is 40.6 Å². The van der Waals surface area contributed by atoms with Gasteiger partial charge in [-0.3, -0.25) is 0 Å². The minimum absolute atomic E-state index is 0. The van der Waals surface area contributed by atoms with Crippen LogP contribution < -0.4 is 4.90 Å². The first-order valence-electron chi connectivity index (χ1n) is 6.79. The van der Waals surface area contributed by atoms with Crippen LogP contribution in [0.1, 0.15) is 18.4 Å². The van der Waals surface area contributed by atoms with E-state index in [1.54, 1.807) is 6.07 Å². The fourth-order valence-corrected chi connectivity index (χ4v) is 4.47. The van der Waals surface area contributed by atoms with Gasteiger partial charge in [-0.2, -0.15) is 0 Å². The molecule has 0 bridgehead atoms. The first-order chi connectivity index (χ1) is 9.33. The van der Waals surface area contributed by atoms with E-state index in [0.29, 0.717) is 18.8 Å². The van der Waals surface area contributed by atoms with Gasteiger partial charge in [0.15, 0.2) is 0 Å². The highest BCUT2D eigenvalue weighted by Gasteiger charge is 2.45. The highest BCUT2D eigenvalue weighted by molar-refractivity contribution is 7.88. The van der Waals surface area contributed by atoms with Crippen LogP contribution in [-0.2, 0) is 15.4 Å². The van der Waals surface area contributed by atoms with E-state index < -0.39 is 10.0 Å². The van der Waals surface area contributed by atoms with Crippen molar-refractivity contribution >= 4 is 28.1 Å². The summed E-state index contributed by atoms with van der Waals surface area (Å²) in [5.41, 5.74) is 1.61. The Morgan fingerprint density at radius 2 is 1.86 bits per heavy atom. The van der Waals surface area contributed by atoms with E-state index in [9.17, 15) is 12.8 Å². The minimum Gasteiger partial charge on any atom is -0.371 e. The van der Waals surface area contributed by atoms with Crippen molar-refractivity contribution in [1.29, 1.82) is 0 Å². The van der Waals surface area contributed by atoms with Crippen LogP contribution >= 0.6 is 12.4 Å². The monoisotopic (exact) mass is 334 g/mol. The summed E-state index contributed by atoms with van der Waals surface area (Å²) < 4.78 is 38.7. The van der Waals surface area contributed by atoms with Gasteiger partial charge in [0.25, 0.3) is 0 Å².